The van der Waals surface area contributed by atoms with Crippen molar-refractivity contribution >= 4 is 12.3 Å². The van der Waals surface area contributed by atoms with Crippen molar-refractivity contribution in [2.24, 2.45) is 0 Å². The fourth-order valence-electron chi connectivity index (χ4n) is 3.44. The summed E-state index contributed by atoms with van der Waals surface area (Å²) >= 11 is 0. The lowest BCUT2D eigenvalue weighted by Gasteiger charge is -2.15. The van der Waals surface area contributed by atoms with Crippen molar-refractivity contribution in [2.75, 3.05) is 6.61 Å². The van der Waals surface area contributed by atoms with Crippen LogP contribution in [0.1, 0.15) is 10.4 Å². The lowest BCUT2D eigenvalue weighted by molar-refractivity contribution is -0.139. The average Bonchev–Trinajstić information content (AvgIpc) is 3.19. The van der Waals surface area contributed by atoms with Gasteiger partial charge in [0, 0.05) is 11.3 Å². The monoisotopic (exact) mass is 397 g/mol. The third-order valence-electron chi connectivity index (χ3n) is 4.73. The SMILES string of the molecule is O=Cc1cc(-c2ccccc2)n(-c2ccc(OCC(=O)O)cc2)c1-c1ccccc1. The molecule has 1 N–H and O–H groups in total. The van der Waals surface area contributed by atoms with Gasteiger partial charge in [-0.15, -0.1) is 0 Å². The third kappa shape index (κ3) is 3.86. The topological polar surface area (TPSA) is 68.5 Å². The number of aliphatic carboxylic acids is 1. The van der Waals surface area contributed by atoms with E-state index in [4.69, 9.17) is 9.84 Å². The number of hydrogen-bond acceptors (Lipinski definition) is 3. The zero-order chi connectivity index (χ0) is 20.9. The van der Waals surface area contributed by atoms with Crippen LogP contribution >= 0.6 is 0 Å². The van der Waals surface area contributed by atoms with Gasteiger partial charge in [-0.1, -0.05) is 60.7 Å². The molecule has 0 aliphatic rings. The largest absolute Gasteiger partial charge is 0.482 e. The molecule has 0 saturated heterocycles. The van der Waals surface area contributed by atoms with E-state index in [0.717, 1.165) is 34.5 Å². The minimum absolute atomic E-state index is 0.400. The van der Waals surface area contributed by atoms with Gasteiger partial charge in [-0.25, -0.2) is 4.79 Å². The Balaban J connectivity index is 1.89. The van der Waals surface area contributed by atoms with Crippen LogP contribution in [0.15, 0.2) is 91.0 Å². The molecule has 0 bridgehead atoms. The minimum Gasteiger partial charge on any atom is -0.482 e. The molecule has 1 heterocycles. The zero-order valence-electron chi connectivity index (χ0n) is 16.1. The standard InChI is InChI=1S/C25H19NO4/c27-16-20-15-23(18-7-3-1-4-8-18)26(25(20)19-9-5-2-6-10-19)21-11-13-22(14-12-21)30-17-24(28)29/h1-16H,17H2,(H,28,29). The van der Waals surface area contributed by atoms with Gasteiger partial charge in [-0.3, -0.25) is 4.79 Å². The Morgan fingerprint density at radius 1 is 0.867 bits per heavy atom. The van der Waals surface area contributed by atoms with Crippen molar-refractivity contribution in [1.82, 2.24) is 4.57 Å². The molecule has 0 radical (unpaired) electrons. The molecule has 0 fully saturated rings. The maximum atomic E-state index is 11.9. The molecule has 0 amide bonds. The molecule has 30 heavy (non-hydrogen) atoms. The molecule has 0 unspecified atom stereocenters. The number of carboxylic acid groups (broad SMARTS) is 1. The Labute approximate surface area is 173 Å². The van der Waals surface area contributed by atoms with Gasteiger partial charge in [0.2, 0.25) is 0 Å². The number of aromatic nitrogens is 1. The Hall–Kier alpha value is -4.12. The molecular formula is C25H19NO4. The van der Waals surface area contributed by atoms with Crippen LogP contribution in [0.25, 0.3) is 28.2 Å². The first kappa shape index (κ1) is 19.2. The van der Waals surface area contributed by atoms with Crippen molar-refractivity contribution in [3.63, 3.8) is 0 Å². The molecule has 5 nitrogen and oxygen atoms in total. The number of carbonyl (C=O) groups excluding carboxylic acids is 1. The van der Waals surface area contributed by atoms with E-state index in [9.17, 15) is 9.59 Å². The second-order valence-electron chi connectivity index (χ2n) is 6.70. The Bertz CT molecular complexity index is 1160. The maximum Gasteiger partial charge on any atom is 0.341 e. The lowest BCUT2D eigenvalue weighted by atomic mass is 10.1. The third-order valence-corrected chi connectivity index (χ3v) is 4.73. The number of nitrogens with zero attached hydrogens (tertiary/aromatic N) is 1. The lowest BCUT2D eigenvalue weighted by Crippen LogP contribution is -2.09. The summed E-state index contributed by atoms with van der Waals surface area (Å²) in [5.74, 6) is -0.565. The van der Waals surface area contributed by atoms with Crippen molar-refractivity contribution in [2.45, 2.75) is 0 Å². The maximum absolute atomic E-state index is 11.9. The van der Waals surface area contributed by atoms with E-state index in [1.165, 1.54) is 0 Å². The van der Waals surface area contributed by atoms with Crippen LogP contribution in [-0.4, -0.2) is 28.5 Å². The molecule has 0 aliphatic carbocycles. The second kappa shape index (κ2) is 8.49. The summed E-state index contributed by atoms with van der Waals surface area (Å²) in [6.07, 6.45) is 0.871. The summed E-state index contributed by atoms with van der Waals surface area (Å²) in [4.78, 5) is 22.7. The smallest absolute Gasteiger partial charge is 0.341 e. The van der Waals surface area contributed by atoms with Gasteiger partial charge in [-0.2, -0.15) is 0 Å². The number of ether oxygens (including phenoxy) is 1. The fourth-order valence-corrected chi connectivity index (χ4v) is 3.44. The van der Waals surface area contributed by atoms with Crippen molar-refractivity contribution in [1.29, 1.82) is 0 Å². The first-order valence-corrected chi connectivity index (χ1v) is 9.44. The number of benzene rings is 3. The summed E-state index contributed by atoms with van der Waals surface area (Å²) in [6, 6.07) is 28.7. The van der Waals surface area contributed by atoms with Crippen LogP contribution in [0, 0.1) is 0 Å². The minimum atomic E-state index is -1.03. The van der Waals surface area contributed by atoms with E-state index < -0.39 is 12.6 Å². The second-order valence-corrected chi connectivity index (χ2v) is 6.70. The summed E-state index contributed by atoms with van der Waals surface area (Å²) < 4.78 is 7.29. The number of carbonyl (C=O) groups is 2. The zero-order valence-corrected chi connectivity index (χ0v) is 16.1. The Morgan fingerprint density at radius 2 is 1.47 bits per heavy atom. The molecule has 5 heteroatoms. The molecular weight excluding hydrogens is 378 g/mol. The first-order chi connectivity index (χ1) is 14.7. The summed E-state index contributed by atoms with van der Waals surface area (Å²) in [7, 11) is 0. The highest BCUT2D eigenvalue weighted by atomic mass is 16.5. The molecule has 0 spiro atoms. The van der Waals surface area contributed by atoms with E-state index in [0.29, 0.717) is 11.3 Å². The van der Waals surface area contributed by atoms with Crippen LogP contribution in [0.5, 0.6) is 5.75 Å². The molecule has 0 atom stereocenters. The predicted octanol–water partition coefficient (Wildman–Crippen LogP) is 5.09. The normalized spacial score (nSPS) is 10.5. The van der Waals surface area contributed by atoms with E-state index >= 15 is 0 Å². The molecule has 4 aromatic rings. The van der Waals surface area contributed by atoms with Crippen molar-refractivity contribution in [3.05, 3.63) is 96.6 Å². The molecule has 4 rings (SSSR count). The van der Waals surface area contributed by atoms with E-state index in [2.05, 4.69) is 0 Å². The molecule has 0 saturated carbocycles. The van der Waals surface area contributed by atoms with Crippen LogP contribution in [0.4, 0.5) is 0 Å². The summed E-state index contributed by atoms with van der Waals surface area (Å²) in [6.45, 7) is -0.400. The van der Waals surface area contributed by atoms with Crippen LogP contribution in [-0.2, 0) is 4.79 Å². The van der Waals surface area contributed by atoms with E-state index in [1.807, 2.05) is 83.4 Å². The van der Waals surface area contributed by atoms with Gasteiger partial charge in [-0.05, 0) is 41.5 Å². The Kier molecular flexibility index (Phi) is 5.44. The number of rotatable bonds is 7. The summed E-state index contributed by atoms with van der Waals surface area (Å²) in [5.41, 5.74) is 5.01. The van der Waals surface area contributed by atoms with Gasteiger partial charge in [0.1, 0.15) is 5.75 Å². The van der Waals surface area contributed by atoms with Gasteiger partial charge >= 0.3 is 5.97 Å². The van der Waals surface area contributed by atoms with Gasteiger partial charge in [0.15, 0.2) is 12.9 Å². The number of hydrogen-bond donors (Lipinski definition) is 1. The molecule has 0 aliphatic heterocycles. The van der Waals surface area contributed by atoms with Gasteiger partial charge in [0.05, 0.1) is 11.4 Å². The quantitative estimate of drug-likeness (QED) is 0.441. The molecule has 3 aromatic carbocycles. The van der Waals surface area contributed by atoms with Crippen LogP contribution in [0.2, 0.25) is 0 Å². The Morgan fingerprint density at radius 3 is 2.03 bits per heavy atom. The highest BCUT2D eigenvalue weighted by Gasteiger charge is 2.19. The highest BCUT2D eigenvalue weighted by Crippen LogP contribution is 2.35. The van der Waals surface area contributed by atoms with E-state index in [-0.39, 0.29) is 0 Å². The number of aldehydes is 1. The molecule has 148 valence electrons. The van der Waals surface area contributed by atoms with Crippen molar-refractivity contribution < 1.29 is 19.4 Å². The molecule has 1 aromatic heterocycles. The van der Waals surface area contributed by atoms with Gasteiger partial charge < -0.3 is 14.4 Å². The van der Waals surface area contributed by atoms with Crippen LogP contribution in [0.3, 0.4) is 0 Å². The fraction of sp³-hybridized carbons (Fsp3) is 0.0400. The number of carboxylic acids is 1. The first-order valence-electron chi connectivity index (χ1n) is 9.44. The van der Waals surface area contributed by atoms with Crippen molar-refractivity contribution in [3.8, 4) is 34.0 Å². The van der Waals surface area contributed by atoms with E-state index in [1.54, 1.807) is 12.1 Å². The highest BCUT2D eigenvalue weighted by molar-refractivity contribution is 5.91. The average molecular weight is 397 g/mol. The summed E-state index contributed by atoms with van der Waals surface area (Å²) in [5, 5.41) is 8.80. The predicted molar refractivity (Wildman–Crippen MR) is 115 cm³/mol. The van der Waals surface area contributed by atoms with Crippen LogP contribution < -0.4 is 4.74 Å². The van der Waals surface area contributed by atoms with Gasteiger partial charge in [0.25, 0.3) is 0 Å².